The summed E-state index contributed by atoms with van der Waals surface area (Å²) >= 11 is 0. The standard InChI is InChI=1S/C13H13N3O3/c1-9-3-5-10(6-4-9)19-13-11(16(17)18)7-8-12(14-2)15-13/h3-8H,1-2H3,(H,14,15). The Kier molecular flexibility index (Phi) is 3.61. The summed E-state index contributed by atoms with van der Waals surface area (Å²) in [5, 5.41) is 13.7. The van der Waals surface area contributed by atoms with Crippen LogP contribution < -0.4 is 10.1 Å². The van der Waals surface area contributed by atoms with Crippen molar-refractivity contribution in [3.05, 3.63) is 52.1 Å². The van der Waals surface area contributed by atoms with Gasteiger partial charge in [0.05, 0.1) is 4.92 Å². The van der Waals surface area contributed by atoms with Crippen molar-refractivity contribution in [3.8, 4) is 11.6 Å². The Morgan fingerprint density at radius 1 is 1.21 bits per heavy atom. The van der Waals surface area contributed by atoms with Crippen molar-refractivity contribution in [2.45, 2.75) is 6.92 Å². The molecule has 6 heteroatoms. The molecule has 6 nitrogen and oxygen atoms in total. The number of nitrogens with one attached hydrogen (secondary N) is 1. The lowest BCUT2D eigenvalue weighted by atomic mass is 10.2. The highest BCUT2D eigenvalue weighted by Gasteiger charge is 2.18. The van der Waals surface area contributed by atoms with Gasteiger partial charge in [0.1, 0.15) is 11.6 Å². The van der Waals surface area contributed by atoms with Crippen LogP contribution >= 0.6 is 0 Å². The molecule has 0 amide bonds. The van der Waals surface area contributed by atoms with Gasteiger partial charge in [0.25, 0.3) is 0 Å². The third-order valence-corrected chi connectivity index (χ3v) is 2.53. The molecule has 0 radical (unpaired) electrons. The van der Waals surface area contributed by atoms with E-state index in [4.69, 9.17) is 4.74 Å². The van der Waals surface area contributed by atoms with E-state index in [1.165, 1.54) is 12.1 Å². The van der Waals surface area contributed by atoms with Crippen LogP contribution in [-0.4, -0.2) is 17.0 Å². The maximum absolute atomic E-state index is 10.9. The van der Waals surface area contributed by atoms with Gasteiger partial charge >= 0.3 is 11.6 Å². The molecule has 2 rings (SSSR count). The number of hydrogen-bond donors (Lipinski definition) is 1. The summed E-state index contributed by atoms with van der Waals surface area (Å²) in [6.45, 7) is 1.95. The van der Waals surface area contributed by atoms with Crippen molar-refractivity contribution in [2.24, 2.45) is 0 Å². The molecule has 0 atom stereocenters. The SMILES string of the molecule is CNc1ccc([N+](=O)[O-])c(Oc2ccc(C)cc2)n1. The molecular weight excluding hydrogens is 246 g/mol. The summed E-state index contributed by atoms with van der Waals surface area (Å²) in [6.07, 6.45) is 0. The van der Waals surface area contributed by atoms with Crippen LogP contribution in [0.25, 0.3) is 0 Å². The van der Waals surface area contributed by atoms with Gasteiger partial charge in [0.15, 0.2) is 0 Å². The molecule has 19 heavy (non-hydrogen) atoms. The smallest absolute Gasteiger partial charge is 0.331 e. The van der Waals surface area contributed by atoms with Crippen LogP contribution in [0.2, 0.25) is 0 Å². The fraction of sp³-hybridized carbons (Fsp3) is 0.154. The molecule has 1 N–H and O–H groups in total. The first kappa shape index (κ1) is 12.8. The molecule has 0 spiro atoms. The number of ether oxygens (including phenoxy) is 1. The van der Waals surface area contributed by atoms with Gasteiger partial charge < -0.3 is 10.1 Å². The van der Waals surface area contributed by atoms with E-state index in [2.05, 4.69) is 10.3 Å². The molecule has 0 unspecified atom stereocenters. The van der Waals surface area contributed by atoms with Crippen LogP contribution in [-0.2, 0) is 0 Å². The lowest BCUT2D eigenvalue weighted by molar-refractivity contribution is -0.386. The van der Waals surface area contributed by atoms with Crippen molar-refractivity contribution in [1.82, 2.24) is 4.98 Å². The monoisotopic (exact) mass is 259 g/mol. The average molecular weight is 259 g/mol. The summed E-state index contributed by atoms with van der Waals surface area (Å²) in [6, 6.07) is 10.1. The van der Waals surface area contributed by atoms with E-state index in [1.54, 1.807) is 19.2 Å². The van der Waals surface area contributed by atoms with Crippen molar-refractivity contribution < 1.29 is 9.66 Å². The molecule has 2 aromatic rings. The molecule has 98 valence electrons. The summed E-state index contributed by atoms with van der Waals surface area (Å²) in [5.74, 6) is 0.989. The van der Waals surface area contributed by atoms with Gasteiger partial charge in [-0.25, -0.2) is 0 Å². The quantitative estimate of drug-likeness (QED) is 0.674. The Labute approximate surface area is 110 Å². The molecular formula is C13H13N3O3. The Hall–Kier alpha value is -2.63. The zero-order valence-electron chi connectivity index (χ0n) is 10.6. The zero-order chi connectivity index (χ0) is 13.8. The third kappa shape index (κ3) is 2.98. The molecule has 0 aliphatic heterocycles. The maximum atomic E-state index is 10.9. The number of pyridine rings is 1. The van der Waals surface area contributed by atoms with Gasteiger partial charge in [0.2, 0.25) is 0 Å². The second kappa shape index (κ2) is 5.34. The number of hydrogen-bond acceptors (Lipinski definition) is 5. The molecule has 0 saturated heterocycles. The predicted molar refractivity (Wildman–Crippen MR) is 71.7 cm³/mol. The van der Waals surface area contributed by atoms with Crippen LogP contribution in [0.3, 0.4) is 0 Å². The summed E-state index contributed by atoms with van der Waals surface area (Å²) < 4.78 is 5.48. The number of anilines is 1. The average Bonchev–Trinajstić information content (AvgIpc) is 2.41. The molecule has 0 bridgehead atoms. The van der Waals surface area contributed by atoms with Crippen molar-refractivity contribution >= 4 is 11.5 Å². The Bertz CT molecular complexity index is 597. The molecule has 1 heterocycles. The first-order chi connectivity index (χ1) is 9.10. The van der Waals surface area contributed by atoms with Crippen LogP contribution in [0.1, 0.15) is 5.56 Å². The van der Waals surface area contributed by atoms with Crippen LogP contribution in [0.5, 0.6) is 11.6 Å². The summed E-state index contributed by atoms with van der Waals surface area (Å²) in [5.41, 5.74) is 0.915. The van der Waals surface area contributed by atoms with Gasteiger partial charge in [-0.1, -0.05) is 17.7 Å². The molecule has 1 aromatic heterocycles. The lowest BCUT2D eigenvalue weighted by Crippen LogP contribution is -1.99. The zero-order valence-corrected chi connectivity index (χ0v) is 10.6. The van der Waals surface area contributed by atoms with E-state index in [1.807, 2.05) is 19.1 Å². The fourth-order valence-corrected chi connectivity index (χ4v) is 1.50. The Morgan fingerprint density at radius 3 is 2.47 bits per heavy atom. The van der Waals surface area contributed by atoms with E-state index in [-0.39, 0.29) is 11.6 Å². The van der Waals surface area contributed by atoms with E-state index >= 15 is 0 Å². The minimum Gasteiger partial charge on any atom is -0.434 e. The Balaban J connectivity index is 2.36. The molecule has 0 fully saturated rings. The van der Waals surface area contributed by atoms with Crippen molar-refractivity contribution in [1.29, 1.82) is 0 Å². The first-order valence-corrected chi connectivity index (χ1v) is 5.68. The van der Waals surface area contributed by atoms with E-state index in [9.17, 15) is 10.1 Å². The van der Waals surface area contributed by atoms with Crippen LogP contribution in [0.15, 0.2) is 36.4 Å². The first-order valence-electron chi connectivity index (χ1n) is 5.68. The number of aromatic nitrogens is 1. The maximum Gasteiger partial charge on any atom is 0.331 e. The minimum atomic E-state index is -0.518. The topological polar surface area (TPSA) is 77.3 Å². The van der Waals surface area contributed by atoms with Gasteiger partial charge in [-0.05, 0) is 25.1 Å². The molecule has 0 aliphatic rings. The van der Waals surface area contributed by atoms with E-state index in [0.717, 1.165) is 5.56 Å². The molecule has 0 aliphatic carbocycles. The largest absolute Gasteiger partial charge is 0.434 e. The van der Waals surface area contributed by atoms with Gasteiger partial charge in [0, 0.05) is 13.1 Å². The summed E-state index contributed by atoms with van der Waals surface area (Å²) in [4.78, 5) is 14.5. The second-order valence-corrected chi connectivity index (χ2v) is 3.94. The number of benzene rings is 1. The van der Waals surface area contributed by atoms with Gasteiger partial charge in [-0.3, -0.25) is 10.1 Å². The molecule has 0 saturated carbocycles. The normalized spacial score (nSPS) is 10.0. The fourth-order valence-electron chi connectivity index (χ4n) is 1.50. The predicted octanol–water partition coefficient (Wildman–Crippen LogP) is 3.13. The lowest BCUT2D eigenvalue weighted by Gasteiger charge is -2.07. The van der Waals surface area contributed by atoms with E-state index < -0.39 is 4.92 Å². The number of nitrogens with zero attached hydrogens (tertiary/aromatic N) is 2. The third-order valence-electron chi connectivity index (χ3n) is 2.53. The Morgan fingerprint density at radius 2 is 1.89 bits per heavy atom. The highest BCUT2D eigenvalue weighted by atomic mass is 16.6. The van der Waals surface area contributed by atoms with Gasteiger partial charge in [-0.2, -0.15) is 4.98 Å². The van der Waals surface area contributed by atoms with E-state index in [0.29, 0.717) is 11.6 Å². The van der Waals surface area contributed by atoms with Crippen LogP contribution in [0, 0.1) is 17.0 Å². The highest BCUT2D eigenvalue weighted by Crippen LogP contribution is 2.30. The summed E-state index contributed by atoms with van der Waals surface area (Å²) in [7, 11) is 1.68. The second-order valence-electron chi connectivity index (χ2n) is 3.94. The minimum absolute atomic E-state index is 0.0271. The highest BCUT2D eigenvalue weighted by molar-refractivity contribution is 5.50. The molecule has 1 aromatic carbocycles. The van der Waals surface area contributed by atoms with Gasteiger partial charge in [-0.15, -0.1) is 0 Å². The number of nitro groups is 1. The number of rotatable bonds is 4. The van der Waals surface area contributed by atoms with Crippen molar-refractivity contribution in [3.63, 3.8) is 0 Å². The number of aryl methyl sites for hydroxylation is 1. The van der Waals surface area contributed by atoms with Crippen LogP contribution in [0.4, 0.5) is 11.5 Å². The van der Waals surface area contributed by atoms with Crippen molar-refractivity contribution in [2.75, 3.05) is 12.4 Å².